The molecular weight excluding hydrogens is 350 g/mol. The fourth-order valence-electron chi connectivity index (χ4n) is 2.05. The Labute approximate surface area is 146 Å². The molecule has 0 saturated carbocycles. The van der Waals surface area contributed by atoms with Gasteiger partial charge in [0.2, 0.25) is 10.0 Å². The smallest absolute Gasteiger partial charge is 0.338 e. The fourth-order valence-corrected chi connectivity index (χ4v) is 3.44. The molecule has 2 rings (SSSR count). The first-order valence-corrected chi connectivity index (χ1v) is 9.03. The third-order valence-electron chi connectivity index (χ3n) is 3.48. The lowest BCUT2D eigenvalue weighted by Gasteiger charge is -2.16. The summed E-state index contributed by atoms with van der Waals surface area (Å²) in [5.41, 5.74) is 0.976. The molecule has 0 bridgehead atoms. The van der Waals surface area contributed by atoms with Gasteiger partial charge in [-0.1, -0.05) is 41.9 Å². The summed E-state index contributed by atoms with van der Waals surface area (Å²) in [6.07, 6.45) is -0.455. The standard InChI is InChI=1S/C17H18ClNO4S/c1-12(13-7-5-4-6-8-13)23-17(20)14-9-10-15(18)16(11-14)24(21,22)19(2)3/h4-12H,1-3H3. The summed E-state index contributed by atoms with van der Waals surface area (Å²) in [7, 11) is -0.957. The van der Waals surface area contributed by atoms with E-state index in [1.807, 2.05) is 30.3 Å². The molecule has 2 aromatic carbocycles. The molecule has 2 aromatic rings. The van der Waals surface area contributed by atoms with Gasteiger partial charge in [-0.25, -0.2) is 17.5 Å². The van der Waals surface area contributed by atoms with E-state index in [0.717, 1.165) is 9.87 Å². The molecule has 0 aliphatic heterocycles. The third-order valence-corrected chi connectivity index (χ3v) is 5.77. The summed E-state index contributed by atoms with van der Waals surface area (Å²) in [5.74, 6) is -0.613. The largest absolute Gasteiger partial charge is 0.454 e. The number of hydrogen-bond donors (Lipinski definition) is 0. The molecular formula is C17H18ClNO4S. The molecule has 0 aliphatic rings. The third kappa shape index (κ3) is 3.95. The molecule has 0 aliphatic carbocycles. The predicted molar refractivity (Wildman–Crippen MR) is 92.6 cm³/mol. The minimum atomic E-state index is -3.75. The van der Waals surface area contributed by atoms with Gasteiger partial charge in [0, 0.05) is 14.1 Å². The first-order chi connectivity index (χ1) is 11.2. The van der Waals surface area contributed by atoms with Gasteiger partial charge >= 0.3 is 5.97 Å². The first-order valence-electron chi connectivity index (χ1n) is 7.21. The van der Waals surface area contributed by atoms with Crippen molar-refractivity contribution in [2.75, 3.05) is 14.1 Å². The highest BCUT2D eigenvalue weighted by Crippen LogP contribution is 2.26. The van der Waals surface area contributed by atoms with E-state index in [4.69, 9.17) is 16.3 Å². The zero-order valence-electron chi connectivity index (χ0n) is 13.6. The second-order valence-electron chi connectivity index (χ2n) is 5.39. The SMILES string of the molecule is CC(OC(=O)c1ccc(Cl)c(S(=O)(=O)N(C)C)c1)c1ccccc1. The van der Waals surface area contributed by atoms with Crippen LogP contribution in [0.4, 0.5) is 0 Å². The first kappa shape index (κ1) is 18.4. The van der Waals surface area contributed by atoms with E-state index in [0.29, 0.717) is 0 Å². The van der Waals surface area contributed by atoms with Crippen LogP contribution < -0.4 is 0 Å². The Kier molecular flexibility index (Phi) is 5.64. The van der Waals surface area contributed by atoms with E-state index in [9.17, 15) is 13.2 Å². The lowest BCUT2D eigenvalue weighted by molar-refractivity contribution is 0.0337. The number of ether oxygens (including phenoxy) is 1. The van der Waals surface area contributed by atoms with Gasteiger partial charge in [0.15, 0.2) is 0 Å². The number of nitrogens with zero attached hydrogens (tertiary/aromatic N) is 1. The number of halogens is 1. The normalized spacial score (nSPS) is 12.9. The Balaban J connectivity index is 2.28. The van der Waals surface area contributed by atoms with Crippen LogP contribution in [0, 0.1) is 0 Å². The molecule has 1 atom stereocenters. The topological polar surface area (TPSA) is 63.7 Å². The average Bonchev–Trinajstić information content (AvgIpc) is 2.55. The Morgan fingerprint density at radius 1 is 1.12 bits per heavy atom. The van der Waals surface area contributed by atoms with Crippen LogP contribution in [-0.2, 0) is 14.8 Å². The quantitative estimate of drug-likeness (QED) is 0.758. The molecule has 0 amide bonds. The number of benzene rings is 2. The van der Waals surface area contributed by atoms with Crippen molar-refractivity contribution in [1.29, 1.82) is 0 Å². The maximum Gasteiger partial charge on any atom is 0.338 e. The van der Waals surface area contributed by atoms with Gasteiger partial charge in [0.25, 0.3) is 0 Å². The summed E-state index contributed by atoms with van der Waals surface area (Å²) >= 11 is 5.97. The lowest BCUT2D eigenvalue weighted by atomic mass is 10.1. The summed E-state index contributed by atoms with van der Waals surface area (Å²) in [6.45, 7) is 1.75. The maximum atomic E-state index is 12.3. The van der Waals surface area contributed by atoms with E-state index < -0.39 is 22.1 Å². The Bertz CT molecular complexity index is 835. The van der Waals surface area contributed by atoms with Crippen molar-refractivity contribution < 1.29 is 17.9 Å². The highest BCUT2D eigenvalue weighted by Gasteiger charge is 2.23. The van der Waals surface area contributed by atoms with Crippen molar-refractivity contribution in [3.63, 3.8) is 0 Å². The highest BCUT2D eigenvalue weighted by atomic mass is 35.5. The average molecular weight is 368 g/mol. The number of carbonyl (C=O) groups is 1. The van der Waals surface area contributed by atoms with Crippen molar-refractivity contribution in [3.05, 3.63) is 64.7 Å². The van der Waals surface area contributed by atoms with Gasteiger partial charge in [-0.05, 0) is 30.7 Å². The van der Waals surface area contributed by atoms with E-state index in [1.165, 1.54) is 32.3 Å². The van der Waals surface area contributed by atoms with Crippen molar-refractivity contribution >= 4 is 27.6 Å². The molecule has 0 N–H and O–H groups in total. The van der Waals surface area contributed by atoms with E-state index >= 15 is 0 Å². The van der Waals surface area contributed by atoms with Gasteiger partial charge in [0.05, 0.1) is 10.6 Å². The number of sulfonamides is 1. The van der Waals surface area contributed by atoms with E-state index in [1.54, 1.807) is 6.92 Å². The van der Waals surface area contributed by atoms with Crippen LogP contribution in [0.2, 0.25) is 5.02 Å². The monoisotopic (exact) mass is 367 g/mol. The Morgan fingerprint density at radius 3 is 2.33 bits per heavy atom. The van der Waals surface area contributed by atoms with Crippen molar-refractivity contribution in [1.82, 2.24) is 4.31 Å². The fraction of sp³-hybridized carbons (Fsp3) is 0.235. The second kappa shape index (κ2) is 7.34. The van der Waals surface area contributed by atoms with Crippen LogP contribution in [0.15, 0.2) is 53.4 Å². The van der Waals surface area contributed by atoms with Crippen molar-refractivity contribution in [3.8, 4) is 0 Å². The maximum absolute atomic E-state index is 12.3. The summed E-state index contributed by atoms with van der Waals surface area (Å²) in [6, 6.07) is 13.3. The molecule has 0 saturated heterocycles. The molecule has 5 nitrogen and oxygen atoms in total. The van der Waals surface area contributed by atoms with Crippen LogP contribution in [0.1, 0.15) is 28.9 Å². The van der Waals surface area contributed by atoms with Crippen LogP contribution in [0.5, 0.6) is 0 Å². The molecule has 24 heavy (non-hydrogen) atoms. The molecule has 128 valence electrons. The Hall–Kier alpha value is -1.89. The van der Waals surface area contributed by atoms with E-state index in [2.05, 4.69) is 0 Å². The van der Waals surface area contributed by atoms with Gasteiger partial charge < -0.3 is 4.74 Å². The van der Waals surface area contributed by atoms with Crippen LogP contribution >= 0.6 is 11.6 Å². The minimum Gasteiger partial charge on any atom is -0.454 e. The summed E-state index contributed by atoms with van der Waals surface area (Å²) < 4.78 is 31.0. The zero-order chi connectivity index (χ0) is 17.9. The van der Waals surface area contributed by atoms with Crippen LogP contribution in [0.25, 0.3) is 0 Å². The van der Waals surface area contributed by atoms with Gasteiger partial charge in [0.1, 0.15) is 11.0 Å². The second-order valence-corrected chi connectivity index (χ2v) is 7.92. The van der Waals surface area contributed by atoms with Gasteiger partial charge in [-0.2, -0.15) is 0 Å². The summed E-state index contributed by atoms with van der Waals surface area (Å²) in [4.78, 5) is 12.2. The molecule has 7 heteroatoms. The van der Waals surface area contributed by atoms with Crippen molar-refractivity contribution in [2.24, 2.45) is 0 Å². The number of hydrogen-bond acceptors (Lipinski definition) is 4. The molecule has 1 unspecified atom stereocenters. The van der Waals surface area contributed by atoms with Crippen molar-refractivity contribution in [2.45, 2.75) is 17.9 Å². The predicted octanol–water partition coefficient (Wildman–Crippen LogP) is 3.51. The Morgan fingerprint density at radius 2 is 1.75 bits per heavy atom. The number of carbonyl (C=O) groups excluding carboxylic acids is 1. The number of esters is 1. The van der Waals surface area contributed by atoms with Gasteiger partial charge in [-0.15, -0.1) is 0 Å². The number of rotatable bonds is 5. The molecule has 0 radical (unpaired) electrons. The van der Waals surface area contributed by atoms with E-state index in [-0.39, 0.29) is 15.5 Å². The lowest BCUT2D eigenvalue weighted by Crippen LogP contribution is -2.23. The molecule has 0 fully saturated rings. The van der Waals surface area contributed by atoms with Crippen LogP contribution in [0.3, 0.4) is 0 Å². The molecule has 0 spiro atoms. The summed E-state index contributed by atoms with van der Waals surface area (Å²) in [5, 5.41) is 0.0522. The van der Waals surface area contributed by atoms with Crippen LogP contribution in [-0.4, -0.2) is 32.8 Å². The highest BCUT2D eigenvalue weighted by molar-refractivity contribution is 7.89. The van der Waals surface area contributed by atoms with Gasteiger partial charge in [-0.3, -0.25) is 0 Å². The molecule has 0 aromatic heterocycles. The zero-order valence-corrected chi connectivity index (χ0v) is 15.1. The minimum absolute atomic E-state index is 0.0522. The molecule has 0 heterocycles.